The number of aromatic hydroxyl groups is 1. The molecule has 0 amide bonds. The van der Waals surface area contributed by atoms with Crippen molar-refractivity contribution in [3.8, 4) is 5.75 Å². The molecule has 1 rings (SSSR count). The molecule has 74 valence electrons. The summed E-state index contributed by atoms with van der Waals surface area (Å²) in [5.74, 6) is 4.85. The van der Waals surface area contributed by atoms with Gasteiger partial charge in [0.2, 0.25) is 0 Å². The van der Waals surface area contributed by atoms with Gasteiger partial charge in [0.15, 0.2) is 0 Å². The molecule has 0 aliphatic heterocycles. The fourth-order valence-electron chi connectivity index (χ4n) is 1.03. The first-order valence-corrected chi connectivity index (χ1v) is 4.16. The normalized spacial score (nSPS) is 10.6. The van der Waals surface area contributed by atoms with E-state index in [-0.39, 0.29) is 18.0 Å². The third-order valence-electron chi connectivity index (χ3n) is 1.49. The van der Waals surface area contributed by atoms with Gasteiger partial charge in [0.05, 0.1) is 0 Å². The fourth-order valence-corrected chi connectivity index (χ4v) is 1.29. The first-order valence-electron chi connectivity index (χ1n) is 3.78. The molecule has 0 saturated carbocycles. The number of benzene rings is 1. The number of amidine groups is 1. The molecule has 1 aromatic carbocycles. The van der Waals surface area contributed by atoms with Crippen LogP contribution in [0.1, 0.15) is 5.56 Å². The van der Waals surface area contributed by atoms with E-state index in [2.05, 4.69) is 10.3 Å². The number of phenolic OH excluding ortho intramolecular Hbond substituents is 1. The summed E-state index contributed by atoms with van der Waals surface area (Å²) in [6.45, 7) is 0. The number of halogens is 1. The van der Waals surface area contributed by atoms with Gasteiger partial charge in [-0.15, -0.1) is 5.11 Å². The van der Waals surface area contributed by atoms with Crippen LogP contribution < -0.4 is 5.84 Å². The maximum Gasteiger partial charge on any atom is 0.149 e. The lowest BCUT2D eigenvalue weighted by atomic mass is 10.1. The van der Waals surface area contributed by atoms with Crippen molar-refractivity contribution in [3.05, 3.63) is 28.8 Å². The zero-order chi connectivity index (χ0) is 10.6. The second-order valence-electron chi connectivity index (χ2n) is 2.66. The molecule has 0 bridgehead atoms. The van der Waals surface area contributed by atoms with Crippen molar-refractivity contribution in [3.63, 3.8) is 0 Å². The monoisotopic (exact) mass is 212 g/mol. The minimum atomic E-state index is 0.00849. The molecule has 0 aromatic heterocycles. The van der Waals surface area contributed by atoms with Crippen molar-refractivity contribution in [1.82, 2.24) is 0 Å². The zero-order valence-electron chi connectivity index (χ0n) is 7.24. The van der Waals surface area contributed by atoms with Gasteiger partial charge in [0.25, 0.3) is 0 Å². The Morgan fingerprint density at radius 3 is 2.79 bits per heavy atom. The summed E-state index contributed by atoms with van der Waals surface area (Å²) in [5, 5.41) is 23.2. The van der Waals surface area contributed by atoms with Crippen LogP contribution in [0, 0.1) is 5.41 Å². The van der Waals surface area contributed by atoms with E-state index in [1.807, 2.05) is 0 Å². The summed E-state index contributed by atoms with van der Waals surface area (Å²) in [6, 6.07) is 4.56. The molecule has 0 aliphatic rings. The van der Waals surface area contributed by atoms with Gasteiger partial charge in [-0.05, 0) is 23.8 Å². The Balaban J connectivity index is 2.81. The maximum absolute atomic E-state index is 9.20. The van der Waals surface area contributed by atoms with Gasteiger partial charge >= 0.3 is 0 Å². The largest absolute Gasteiger partial charge is 0.508 e. The minimum Gasteiger partial charge on any atom is -0.508 e. The first kappa shape index (κ1) is 10.5. The van der Waals surface area contributed by atoms with Crippen LogP contribution in [0.15, 0.2) is 28.5 Å². The molecule has 0 fully saturated rings. The number of nitrogens with zero attached hydrogens (tertiary/aromatic N) is 2. The maximum atomic E-state index is 9.20. The predicted octanol–water partition coefficient (Wildman–Crippen LogP) is 1.89. The van der Waals surface area contributed by atoms with Crippen LogP contribution in [0.2, 0.25) is 5.02 Å². The van der Waals surface area contributed by atoms with Crippen molar-refractivity contribution in [1.29, 1.82) is 5.41 Å². The number of nitrogens with two attached hydrogens (primary N) is 1. The SMILES string of the molecule is N=C(Cc1cc(O)cc(Cl)c1)N=NN. The highest BCUT2D eigenvalue weighted by Gasteiger charge is 2.01. The minimum absolute atomic E-state index is 0.00849. The summed E-state index contributed by atoms with van der Waals surface area (Å²) < 4.78 is 0. The number of nitrogens with one attached hydrogen (secondary N) is 1. The fraction of sp³-hybridized carbons (Fsp3) is 0.125. The molecule has 14 heavy (non-hydrogen) atoms. The van der Waals surface area contributed by atoms with Gasteiger partial charge in [-0.3, -0.25) is 5.41 Å². The van der Waals surface area contributed by atoms with Gasteiger partial charge in [0.1, 0.15) is 11.6 Å². The predicted molar refractivity (Wildman–Crippen MR) is 53.6 cm³/mol. The van der Waals surface area contributed by atoms with E-state index in [4.69, 9.17) is 22.9 Å². The standard InChI is InChI=1S/C8H9ClN4O/c9-6-1-5(2-7(14)4-6)3-8(10)12-13-11/h1-2,4,14H,3H2,(H3,10,11,12). The summed E-state index contributed by atoms with van der Waals surface area (Å²) in [6.07, 6.45) is 0.231. The quantitative estimate of drug-likeness (QED) is 0.230. The Morgan fingerprint density at radius 1 is 1.50 bits per heavy atom. The number of rotatable bonds is 2. The van der Waals surface area contributed by atoms with Crippen molar-refractivity contribution in [2.45, 2.75) is 6.42 Å². The number of hydrogen-bond acceptors (Lipinski definition) is 3. The molecule has 0 heterocycles. The van der Waals surface area contributed by atoms with Crippen LogP contribution in [0.5, 0.6) is 5.75 Å². The van der Waals surface area contributed by atoms with Gasteiger partial charge in [0, 0.05) is 11.4 Å². The van der Waals surface area contributed by atoms with E-state index in [1.165, 1.54) is 12.1 Å². The van der Waals surface area contributed by atoms with E-state index in [0.717, 1.165) is 0 Å². The Hall–Kier alpha value is -1.62. The van der Waals surface area contributed by atoms with Crippen LogP contribution in [0.25, 0.3) is 0 Å². The van der Waals surface area contributed by atoms with E-state index in [0.29, 0.717) is 10.6 Å². The van der Waals surface area contributed by atoms with E-state index in [1.54, 1.807) is 6.07 Å². The highest BCUT2D eigenvalue weighted by molar-refractivity contribution is 6.30. The summed E-state index contributed by atoms with van der Waals surface area (Å²) in [4.78, 5) is 0. The van der Waals surface area contributed by atoms with Crippen LogP contribution in [0.4, 0.5) is 0 Å². The lowest BCUT2D eigenvalue weighted by molar-refractivity contribution is 0.475. The van der Waals surface area contributed by atoms with E-state index in [9.17, 15) is 5.11 Å². The second kappa shape index (κ2) is 4.57. The van der Waals surface area contributed by atoms with Gasteiger partial charge < -0.3 is 10.9 Å². The topological polar surface area (TPSA) is 94.8 Å². The highest BCUT2D eigenvalue weighted by atomic mass is 35.5. The molecule has 5 nitrogen and oxygen atoms in total. The summed E-state index contributed by atoms with van der Waals surface area (Å²) in [7, 11) is 0. The third kappa shape index (κ3) is 3.02. The summed E-state index contributed by atoms with van der Waals surface area (Å²) >= 11 is 5.70. The molecule has 0 aliphatic carbocycles. The molecule has 4 N–H and O–H groups in total. The molecule has 0 atom stereocenters. The Labute approximate surface area is 85.7 Å². The van der Waals surface area contributed by atoms with Gasteiger partial charge in [-0.1, -0.05) is 16.8 Å². The molecule has 0 spiro atoms. The van der Waals surface area contributed by atoms with Crippen molar-refractivity contribution < 1.29 is 5.11 Å². The average molecular weight is 213 g/mol. The van der Waals surface area contributed by atoms with E-state index >= 15 is 0 Å². The lowest BCUT2D eigenvalue weighted by Crippen LogP contribution is -1.98. The van der Waals surface area contributed by atoms with Crippen molar-refractivity contribution in [2.24, 2.45) is 16.2 Å². The number of phenols is 1. The van der Waals surface area contributed by atoms with Crippen molar-refractivity contribution in [2.75, 3.05) is 0 Å². The average Bonchev–Trinajstić information content (AvgIpc) is 2.01. The highest BCUT2D eigenvalue weighted by Crippen LogP contribution is 2.20. The first-order chi connectivity index (χ1) is 6.61. The summed E-state index contributed by atoms with van der Waals surface area (Å²) in [5.41, 5.74) is 0.687. The lowest BCUT2D eigenvalue weighted by Gasteiger charge is -2.00. The molecular formula is C8H9ClN4O. The van der Waals surface area contributed by atoms with Crippen LogP contribution in [-0.4, -0.2) is 10.9 Å². The van der Waals surface area contributed by atoms with Crippen LogP contribution in [0.3, 0.4) is 0 Å². The van der Waals surface area contributed by atoms with Crippen molar-refractivity contribution >= 4 is 17.4 Å². The van der Waals surface area contributed by atoms with Gasteiger partial charge in [-0.25, -0.2) is 0 Å². The van der Waals surface area contributed by atoms with Gasteiger partial charge in [-0.2, -0.15) is 0 Å². The number of hydrogen-bond donors (Lipinski definition) is 3. The smallest absolute Gasteiger partial charge is 0.149 e. The third-order valence-corrected chi connectivity index (χ3v) is 1.71. The van der Waals surface area contributed by atoms with E-state index < -0.39 is 0 Å². The molecule has 0 unspecified atom stereocenters. The molecular weight excluding hydrogens is 204 g/mol. The molecule has 1 aromatic rings. The van der Waals surface area contributed by atoms with Crippen LogP contribution in [-0.2, 0) is 6.42 Å². The zero-order valence-corrected chi connectivity index (χ0v) is 7.99. The molecule has 0 radical (unpaired) electrons. The molecule has 0 saturated heterocycles. The Bertz CT molecular complexity index is 357. The Morgan fingerprint density at radius 2 is 2.21 bits per heavy atom. The molecule has 6 heteroatoms. The van der Waals surface area contributed by atoms with Crippen LogP contribution >= 0.6 is 11.6 Å². The Kier molecular flexibility index (Phi) is 3.41. The second-order valence-corrected chi connectivity index (χ2v) is 3.09.